The zero-order valence-corrected chi connectivity index (χ0v) is 12.4. The second-order valence-corrected chi connectivity index (χ2v) is 4.84. The Hall–Kier alpha value is -3.68. The van der Waals surface area contributed by atoms with Gasteiger partial charge in [0.2, 0.25) is 0 Å². The highest BCUT2D eigenvalue weighted by Gasteiger charge is 2.15. The monoisotopic (exact) mass is 320 g/mol. The molecule has 8 nitrogen and oxygen atoms in total. The highest BCUT2D eigenvalue weighted by atomic mass is 16.1. The number of amides is 2. The van der Waals surface area contributed by atoms with Gasteiger partial charge in [-0.3, -0.25) is 19.6 Å². The molecule has 0 spiro atoms. The minimum atomic E-state index is -0.631. The molecule has 24 heavy (non-hydrogen) atoms. The largest absolute Gasteiger partial charge is 0.366 e. The quantitative estimate of drug-likeness (QED) is 0.729. The van der Waals surface area contributed by atoms with Crippen LogP contribution < -0.4 is 11.5 Å². The summed E-state index contributed by atoms with van der Waals surface area (Å²) in [5.41, 5.74) is 12.6. The Kier molecular flexibility index (Phi) is 3.94. The van der Waals surface area contributed by atoms with Crippen LogP contribution in [0.25, 0.3) is 22.6 Å². The summed E-state index contributed by atoms with van der Waals surface area (Å²) in [4.78, 5) is 39.5. The van der Waals surface area contributed by atoms with Crippen LogP contribution in [-0.4, -0.2) is 31.8 Å². The van der Waals surface area contributed by atoms with Crippen molar-refractivity contribution in [3.8, 4) is 22.6 Å². The molecule has 3 rings (SSSR count). The molecule has 0 radical (unpaired) electrons. The van der Waals surface area contributed by atoms with Gasteiger partial charge in [-0.1, -0.05) is 0 Å². The van der Waals surface area contributed by atoms with Gasteiger partial charge in [0.05, 0.1) is 16.8 Å². The van der Waals surface area contributed by atoms with E-state index in [9.17, 15) is 9.59 Å². The molecule has 2 amide bonds. The highest BCUT2D eigenvalue weighted by Crippen LogP contribution is 2.24. The van der Waals surface area contributed by atoms with Gasteiger partial charge in [0.1, 0.15) is 0 Å². The van der Waals surface area contributed by atoms with Gasteiger partial charge in [-0.25, -0.2) is 9.97 Å². The van der Waals surface area contributed by atoms with Crippen LogP contribution in [0.3, 0.4) is 0 Å². The van der Waals surface area contributed by atoms with Gasteiger partial charge in [0, 0.05) is 42.1 Å². The van der Waals surface area contributed by atoms with Crippen molar-refractivity contribution in [3.63, 3.8) is 0 Å². The van der Waals surface area contributed by atoms with Gasteiger partial charge >= 0.3 is 0 Å². The third-order valence-corrected chi connectivity index (χ3v) is 3.35. The minimum absolute atomic E-state index is 0.208. The number of nitrogens with two attached hydrogens (primary N) is 2. The maximum atomic E-state index is 11.6. The van der Waals surface area contributed by atoms with Crippen LogP contribution in [0.2, 0.25) is 0 Å². The summed E-state index contributed by atoms with van der Waals surface area (Å²) in [5, 5.41) is 0. The number of hydrogen-bond acceptors (Lipinski definition) is 6. The summed E-state index contributed by atoms with van der Waals surface area (Å²) in [6.07, 6.45) is 7.30. The van der Waals surface area contributed by atoms with E-state index in [0.717, 1.165) is 0 Å². The number of nitrogens with zero attached hydrogens (tertiary/aromatic N) is 4. The van der Waals surface area contributed by atoms with E-state index in [-0.39, 0.29) is 17.0 Å². The summed E-state index contributed by atoms with van der Waals surface area (Å²) in [5.74, 6) is -0.954. The fourth-order valence-electron chi connectivity index (χ4n) is 2.24. The van der Waals surface area contributed by atoms with Crippen molar-refractivity contribution in [1.29, 1.82) is 0 Å². The summed E-state index contributed by atoms with van der Waals surface area (Å²) < 4.78 is 0. The van der Waals surface area contributed by atoms with E-state index in [0.29, 0.717) is 16.8 Å². The summed E-state index contributed by atoms with van der Waals surface area (Å²) in [6.45, 7) is 0. The first-order chi connectivity index (χ1) is 11.6. The number of hydrogen-bond donors (Lipinski definition) is 2. The first-order valence-corrected chi connectivity index (χ1v) is 6.89. The van der Waals surface area contributed by atoms with Crippen molar-refractivity contribution < 1.29 is 9.59 Å². The molecule has 0 atom stereocenters. The van der Waals surface area contributed by atoms with Crippen molar-refractivity contribution >= 4 is 11.8 Å². The van der Waals surface area contributed by atoms with E-state index >= 15 is 0 Å². The van der Waals surface area contributed by atoms with E-state index in [1.165, 1.54) is 31.0 Å². The summed E-state index contributed by atoms with van der Waals surface area (Å²) >= 11 is 0. The second-order valence-electron chi connectivity index (χ2n) is 4.84. The van der Waals surface area contributed by atoms with Crippen molar-refractivity contribution in [2.45, 2.75) is 0 Å². The Balaban J connectivity index is 2.16. The number of rotatable bonds is 4. The Morgan fingerprint density at radius 2 is 1.38 bits per heavy atom. The molecule has 0 saturated heterocycles. The Morgan fingerprint density at radius 3 is 2.00 bits per heavy atom. The van der Waals surface area contributed by atoms with Crippen molar-refractivity contribution in [1.82, 2.24) is 19.9 Å². The Labute approximate surface area is 136 Å². The lowest BCUT2D eigenvalue weighted by molar-refractivity contribution is 0.0992. The van der Waals surface area contributed by atoms with Crippen molar-refractivity contribution in [2.75, 3.05) is 0 Å². The predicted octanol–water partition coefficient (Wildman–Crippen LogP) is 0.798. The molecule has 3 aromatic rings. The van der Waals surface area contributed by atoms with Crippen LogP contribution >= 0.6 is 0 Å². The van der Waals surface area contributed by atoms with Gasteiger partial charge < -0.3 is 11.5 Å². The van der Waals surface area contributed by atoms with Gasteiger partial charge in [-0.05, 0) is 18.2 Å². The molecule has 4 N–H and O–H groups in total. The second kappa shape index (κ2) is 6.21. The predicted molar refractivity (Wildman–Crippen MR) is 85.5 cm³/mol. The van der Waals surface area contributed by atoms with Crippen LogP contribution in [0.5, 0.6) is 0 Å². The molecule has 0 aliphatic rings. The van der Waals surface area contributed by atoms with Gasteiger partial charge in [-0.2, -0.15) is 0 Å². The molecular formula is C16H12N6O2. The topological polar surface area (TPSA) is 138 Å². The molecule has 0 bridgehead atoms. The van der Waals surface area contributed by atoms with Gasteiger partial charge in [0.25, 0.3) is 11.8 Å². The van der Waals surface area contributed by atoms with Gasteiger partial charge in [0.15, 0.2) is 5.82 Å². The van der Waals surface area contributed by atoms with Crippen LogP contribution in [-0.2, 0) is 0 Å². The fraction of sp³-hybridized carbons (Fsp3) is 0. The molecule has 3 heterocycles. The number of carbonyl (C=O) groups excluding carboxylic acids is 2. The van der Waals surface area contributed by atoms with E-state index in [2.05, 4.69) is 19.9 Å². The van der Waals surface area contributed by atoms with Crippen molar-refractivity contribution in [3.05, 3.63) is 60.3 Å². The molecule has 0 unspecified atom stereocenters. The summed E-state index contributed by atoms with van der Waals surface area (Å²) in [6, 6.07) is 4.87. The maximum Gasteiger partial charge on any atom is 0.251 e. The minimum Gasteiger partial charge on any atom is -0.366 e. The number of carbonyl (C=O) groups is 2. The molecular weight excluding hydrogens is 308 g/mol. The van der Waals surface area contributed by atoms with Gasteiger partial charge in [-0.15, -0.1) is 0 Å². The molecule has 118 valence electrons. The first-order valence-electron chi connectivity index (χ1n) is 6.89. The Bertz CT molecular complexity index is 868. The average molecular weight is 320 g/mol. The summed E-state index contributed by atoms with van der Waals surface area (Å²) in [7, 11) is 0. The van der Waals surface area contributed by atoms with E-state index < -0.39 is 11.8 Å². The van der Waals surface area contributed by atoms with Crippen LogP contribution in [0.4, 0.5) is 0 Å². The number of aromatic nitrogens is 4. The number of primary amides is 2. The molecule has 3 aromatic heterocycles. The van der Waals surface area contributed by atoms with E-state index in [1.54, 1.807) is 18.2 Å². The third kappa shape index (κ3) is 2.80. The van der Waals surface area contributed by atoms with Crippen LogP contribution in [0.15, 0.2) is 49.2 Å². The molecule has 0 aromatic carbocycles. The molecule has 0 aliphatic heterocycles. The normalized spacial score (nSPS) is 10.3. The molecule has 0 aliphatic carbocycles. The lowest BCUT2D eigenvalue weighted by atomic mass is 10.1. The zero-order chi connectivity index (χ0) is 17.1. The molecule has 0 fully saturated rings. The SMILES string of the molecule is NC(=O)c1cnccc1-c1ccnc(-c2ccncc2C(N)=O)n1. The van der Waals surface area contributed by atoms with Crippen molar-refractivity contribution in [2.24, 2.45) is 11.5 Å². The van der Waals surface area contributed by atoms with E-state index in [4.69, 9.17) is 11.5 Å². The average Bonchev–Trinajstić information content (AvgIpc) is 2.61. The number of pyridine rings is 2. The van der Waals surface area contributed by atoms with Crippen LogP contribution in [0, 0.1) is 0 Å². The molecule has 8 heteroatoms. The maximum absolute atomic E-state index is 11.6. The lowest BCUT2D eigenvalue weighted by Crippen LogP contribution is -2.14. The van der Waals surface area contributed by atoms with E-state index in [1.807, 2.05) is 0 Å². The Morgan fingerprint density at radius 1 is 0.792 bits per heavy atom. The lowest BCUT2D eigenvalue weighted by Gasteiger charge is -2.08. The third-order valence-electron chi connectivity index (χ3n) is 3.35. The zero-order valence-electron chi connectivity index (χ0n) is 12.4. The highest BCUT2D eigenvalue weighted by molar-refractivity contribution is 6.00. The smallest absolute Gasteiger partial charge is 0.251 e. The standard InChI is InChI=1S/C16H12N6O2/c17-14(23)11-7-19-4-1-9(11)13-3-6-21-16(22-13)10-2-5-20-8-12(10)15(18)24/h1-8H,(H2,17,23)(H2,18,24). The first kappa shape index (κ1) is 15.2. The fourth-order valence-corrected chi connectivity index (χ4v) is 2.24. The molecule has 0 saturated carbocycles. The van der Waals surface area contributed by atoms with Crippen LogP contribution in [0.1, 0.15) is 20.7 Å².